The second-order valence-electron chi connectivity index (χ2n) is 5.05. The molecule has 1 atom stereocenters. The quantitative estimate of drug-likeness (QED) is 0.843. The summed E-state index contributed by atoms with van der Waals surface area (Å²) in [6.45, 7) is 6.76. The maximum atomic E-state index is 9.34. The van der Waals surface area contributed by atoms with Gasteiger partial charge in [-0.05, 0) is 33.1 Å². The van der Waals surface area contributed by atoms with E-state index in [1.54, 1.807) is 6.20 Å². The molecular weight excluding hydrogens is 228 g/mol. The van der Waals surface area contributed by atoms with Crippen LogP contribution in [0.2, 0.25) is 0 Å². The molecule has 0 aliphatic heterocycles. The summed E-state index contributed by atoms with van der Waals surface area (Å²) in [7, 11) is 0. The van der Waals surface area contributed by atoms with Crippen molar-refractivity contribution in [1.82, 2.24) is 9.97 Å². The van der Waals surface area contributed by atoms with Crippen LogP contribution in [0.3, 0.4) is 0 Å². The summed E-state index contributed by atoms with van der Waals surface area (Å²) in [6.07, 6.45) is 4.92. The molecule has 0 spiro atoms. The lowest BCUT2D eigenvalue weighted by Gasteiger charge is -2.27. The fourth-order valence-corrected chi connectivity index (χ4v) is 2.15. The lowest BCUT2D eigenvalue weighted by Crippen LogP contribution is -2.28. The molecule has 1 aliphatic carbocycles. The number of hydrogen-bond donors (Lipinski definition) is 1. The van der Waals surface area contributed by atoms with Crippen LogP contribution in [0.1, 0.15) is 63.0 Å². The first-order valence-electron chi connectivity index (χ1n) is 6.75. The lowest BCUT2D eigenvalue weighted by molar-refractivity contribution is -0.0392. The largest absolute Gasteiger partial charge is 0.392 e. The average molecular weight is 250 g/mol. The zero-order valence-electron chi connectivity index (χ0n) is 11.4. The number of rotatable bonds is 6. The van der Waals surface area contributed by atoms with Crippen LogP contribution < -0.4 is 0 Å². The van der Waals surface area contributed by atoms with Gasteiger partial charge in [0, 0.05) is 24.3 Å². The van der Waals surface area contributed by atoms with Gasteiger partial charge in [-0.15, -0.1) is 0 Å². The van der Waals surface area contributed by atoms with Gasteiger partial charge in [-0.1, -0.05) is 6.92 Å². The van der Waals surface area contributed by atoms with Crippen molar-refractivity contribution in [3.05, 3.63) is 23.3 Å². The average Bonchev–Trinajstić information content (AvgIpc) is 3.22. The van der Waals surface area contributed by atoms with Crippen LogP contribution in [0.5, 0.6) is 0 Å². The number of nitrogens with zero attached hydrogens (tertiary/aromatic N) is 2. The highest BCUT2D eigenvalue weighted by molar-refractivity contribution is 5.25. The van der Waals surface area contributed by atoms with Gasteiger partial charge < -0.3 is 9.84 Å². The summed E-state index contributed by atoms with van der Waals surface area (Å²) in [5.74, 6) is 1.25. The van der Waals surface area contributed by atoms with E-state index in [0.717, 1.165) is 23.5 Å². The smallest absolute Gasteiger partial charge is 0.160 e. The highest BCUT2D eigenvalue weighted by Gasteiger charge is 2.33. The molecule has 4 nitrogen and oxygen atoms in total. The SMILES string of the molecule is CCOC(C)(CC)c1ncc(CO)c(C2CC2)n1. The Morgan fingerprint density at radius 1 is 1.44 bits per heavy atom. The lowest BCUT2D eigenvalue weighted by atomic mass is 10.0. The molecule has 4 heteroatoms. The second kappa shape index (κ2) is 5.33. The van der Waals surface area contributed by atoms with Gasteiger partial charge in [-0.2, -0.15) is 0 Å². The minimum absolute atomic E-state index is 0.0174. The van der Waals surface area contributed by atoms with E-state index in [1.807, 2.05) is 13.8 Å². The maximum absolute atomic E-state index is 9.34. The molecule has 1 fully saturated rings. The van der Waals surface area contributed by atoms with Gasteiger partial charge in [0.05, 0.1) is 12.3 Å². The third-order valence-electron chi connectivity index (χ3n) is 3.64. The monoisotopic (exact) mass is 250 g/mol. The normalized spacial score (nSPS) is 18.7. The van der Waals surface area contributed by atoms with Gasteiger partial charge in [-0.25, -0.2) is 9.97 Å². The number of hydrogen-bond acceptors (Lipinski definition) is 4. The topological polar surface area (TPSA) is 55.2 Å². The van der Waals surface area contributed by atoms with E-state index in [9.17, 15) is 5.11 Å². The van der Waals surface area contributed by atoms with Crippen molar-refractivity contribution in [1.29, 1.82) is 0 Å². The van der Waals surface area contributed by atoms with Crippen molar-refractivity contribution >= 4 is 0 Å². The molecule has 0 bridgehead atoms. The van der Waals surface area contributed by atoms with E-state index < -0.39 is 5.60 Å². The predicted molar refractivity (Wildman–Crippen MR) is 69.2 cm³/mol. The minimum atomic E-state index is -0.424. The molecule has 0 radical (unpaired) electrons. The Morgan fingerprint density at radius 3 is 2.67 bits per heavy atom. The van der Waals surface area contributed by atoms with E-state index in [-0.39, 0.29) is 6.61 Å². The third-order valence-corrected chi connectivity index (χ3v) is 3.64. The second-order valence-corrected chi connectivity index (χ2v) is 5.05. The maximum Gasteiger partial charge on any atom is 0.160 e. The van der Waals surface area contributed by atoms with Crippen LogP contribution in [0.25, 0.3) is 0 Å². The molecule has 100 valence electrons. The van der Waals surface area contributed by atoms with Crippen LogP contribution >= 0.6 is 0 Å². The van der Waals surface area contributed by atoms with Crippen molar-refractivity contribution in [2.45, 2.75) is 58.2 Å². The third kappa shape index (κ3) is 2.54. The summed E-state index contributed by atoms with van der Waals surface area (Å²) in [4.78, 5) is 9.06. The van der Waals surface area contributed by atoms with Crippen LogP contribution in [-0.4, -0.2) is 21.7 Å². The summed E-state index contributed by atoms with van der Waals surface area (Å²) in [5, 5.41) is 9.34. The summed E-state index contributed by atoms with van der Waals surface area (Å²) in [5.41, 5.74) is 1.45. The zero-order chi connectivity index (χ0) is 13.2. The Labute approximate surface area is 108 Å². The molecule has 1 aromatic rings. The van der Waals surface area contributed by atoms with Crippen molar-refractivity contribution in [3.8, 4) is 0 Å². The molecule has 2 rings (SSSR count). The molecule has 1 saturated carbocycles. The summed E-state index contributed by atoms with van der Waals surface area (Å²) in [6, 6.07) is 0. The molecule has 18 heavy (non-hydrogen) atoms. The van der Waals surface area contributed by atoms with Gasteiger partial charge in [-0.3, -0.25) is 0 Å². The van der Waals surface area contributed by atoms with Crippen LogP contribution in [0.15, 0.2) is 6.20 Å². The summed E-state index contributed by atoms with van der Waals surface area (Å²) >= 11 is 0. The fourth-order valence-electron chi connectivity index (χ4n) is 2.15. The molecule has 1 aliphatic rings. The molecule has 1 N–H and O–H groups in total. The molecular formula is C14H22N2O2. The first kappa shape index (κ1) is 13.4. The van der Waals surface area contributed by atoms with Crippen molar-refractivity contribution in [2.24, 2.45) is 0 Å². The van der Waals surface area contributed by atoms with Crippen molar-refractivity contribution in [3.63, 3.8) is 0 Å². The van der Waals surface area contributed by atoms with Crippen LogP contribution in [0, 0.1) is 0 Å². The van der Waals surface area contributed by atoms with Crippen LogP contribution in [0.4, 0.5) is 0 Å². The Morgan fingerprint density at radius 2 is 2.17 bits per heavy atom. The summed E-state index contributed by atoms with van der Waals surface area (Å²) < 4.78 is 5.81. The number of aliphatic hydroxyl groups excluding tert-OH is 1. The number of ether oxygens (including phenoxy) is 1. The molecule has 1 heterocycles. The first-order valence-corrected chi connectivity index (χ1v) is 6.75. The molecule has 0 amide bonds. The minimum Gasteiger partial charge on any atom is -0.392 e. The van der Waals surface area contributed by atoms with Gasteiger partial charge in [0.15, 0.2) is 5.82 Å². The fraction of sp³-hybridized carbons (Fsp3) is 0.714. The molecule has 1 aromatic heterocycles. The van der Waals surface area contributed by atoms with Gasteiger partial charge in [0.2, 0.25) is 0 Å². The Hall–Kier alpha value is -1.00. The highest BCUT2D eigenvalue weighted by atomic mass is 16.5. The van der Waals surface area contributed by atoms with Gasteiger partial charge in [0.25, 0.3) is 0 Å². The predicted octanol–water partition coefficient (Wildman–Crippen LogP) is 2.51. The molecule has 1 unspecified atom stereocenters. The van der Waals surface area contributed by atoms with E-state index >= 15 is 0 Å². The van der Waals surface area contributed by atoms with Gasteiger partial charge >= 0.3 is 0 Å². The first-order chi connectivity index (χ1) is 8.64. The Balaban J connectivity index is 2.35. The van der Waals surface area contributed by atoms with Crippen molar-refractivity contribution in [2.75, 3.05) is 6.61 Å². The Bertz CT molecular complexity index is 418. The Kier molecular flexibility index (Phi) is 3.97. The van der Waals surface area contributed by atoms with Gasteiger partial charge in [0.1, 0.15) is 5.60 Å². The van der Waals surface area contributed by atoms with E-state index in [1.165, 1.54) is 12.8 Å². The standard InChI is InChI=1S/C14H22N2O2/c1-4-14(3,18-5-2)13-15-8-11(9-17)12(16-13)10-6-7-10/h8,10,17H,4-7,9H2,1-3H3. The van der Waals surface area contributed by atoms with Crippen molar-refractivity contribution < 1.29 is 9.84 Å². The molecule has 0 aromatic carbocycles. The zero-order valence-corrected chi connectivity index (χ0v) is 11.4. The number of aromatic nitrogens is 2. The molecule has 0 saturated heterocycles. The highest BCUT2D eigenvalue weighted by Crippen LogP contribution is 2.41. The number of aliphatic hydroxyl groups is 1. The van der Waals surface area contributed by atoms with E-state index in [0.29, 0.717) is 12.5 Å². The van der Waals surface area contributed by atoms with E-state index in [2.05, 4.69) is 16.9 Å². The van der Waals surface area contributed by atoms with E-state index in [4.69, 9.17) is 4.74 Å². The van der Waals surface area contributed by atoms with Crippen LogP contribution in [-0.2, 0) is 16.9 Å².